The molecule has 0 bridgehead atoms. The van der Waals surface area contributed by atoms with Gasteiger partial charge in [0.1, 0.15) is 0 Å². The van der Waals surface area contributed by atoms with Gasteiger partial charge in [0, 0.05) is 31.8 Å². The Hall–Kier alpha value is 0.620. The molecule has 0 heterocycles. The minimum absolute atomic E-state index is 0.891. The average molecular weight is 237 g/mol. The van der Waals surface area contributed by atoms with Crippen LogP contribution in [0.3, 0.4) is 0 Å². The number of nitrogens with one attached hydrogen (secondary N) is 1. The average Bonchev–Trinajstić information content (AvgIpc) is 2.21. The van der Waals surface area contributed by atoms with Crippen LogP contribution in [-0.2, 0) is 4.74 Å². The topological polar surface area (TPSA) is 21.3 Å². The Balaban J connectivity index is 2.78. The lowest BCUT2D eigenvalue weighted by atomic mass is 10.3. The van der Waals surface area contributed by atoms with E-state index in [2.05, 4.69) is 12.2 Å². The van der Waals surface area contributed by atoms with Gasteiger partial charge in [0.05, 0.1) is 0 Å². The highest BCUT2D eigenvalue weighted by atomic mass is 33.1. The summed E-state index contributed by atoms with van der Waals surface area (Å²) in [7, 11) is 5.67. The van der Waals surface area contributed by atoms with Gasteiger partial charge < -0.3 is 10.1 Å². The van der Waals surface area contributed by atoms with Crippen LogP contribution in [0.15, 0.2) is 0 Å². The van der Waals surface area contributed by atoms with Crippen LogP contribution in [0.2, 0.25) is 0 Å². The van der Waals surface area contributed by atoms with E-state index in [0.717, 1.165) is 19.6 Å². The summed E-state index contributed by atoms with van der Waals surface area (Å²) in [5.74, 6) is 2.41. The van der Waals surface area contributed by atoms with Gasteiger partial charge in [-0.15, -0.1) is 0 Å². The molecule has 0 aromatic rings. The first-order valence-electron chi connectivity index (χ1n) is 5.36. The fourth-order valence-corrected chi connectivity index (χ4v) is 2.93. The van der Waals surface area contributed by atoms with E-state index in [1.807, 2.05) is 21.6 Å². The van der Waals surface area contributed by atoms with Gasteiger partial charge in [-0.3, -0.25) is 0 Å². The van der Waals surface area contributed by atoms with Crippen LogP contribution in [0.5, 0.6) is 0 Å². The molecule has 0 unspecified atom stereocenters. The normalized spacial score (nSPS) is 10.7. The smallest absolute Gasteiger partial charge is 0.0470 e. The molecule has 0 aromatic heterocycles. The molecule has 0 radical (unpaired) electrons. The molecule has 14 heavy (non-hydrogen) atoms. The van der Waals surface area contributed by atoms with E-state index in [1.165, 1.54) is 30.9 Å². The molecule has 0 fully saturated rings. The highest BCUT2D eigenvalue weighted by Crippen LogP contribution is 2.20. The SMILES string of the molecule is CCCCNCCSSCCCOC. The molecule has 0 amide bonds. The molecular formula is C10H23NOS2. The quantitative estimate of drug-likeness (QED) is 0.440. The van der Waals surface area contributed by atoms with E-state index < -0.39 is 0 Å². The van der Waals surface area contributed by atoms with Crippen molar-refractivity contribution in [2.45, 2.75) is 26.2 Å². The van der Waals surface area contributed by atoms with Gasteiger partial charge in [-0.25, -0.2) is 0 Å². The lowest BCUT2D eigenvalue weighted by molar-refractivity contribution is 0.200. The standard InChI is InChI=1S/C10H23NOS2/c1-3-4-6-11-7-10-14-13-9-5-8-12-2/h11H,3-10H2,1-2H3. The molecule has 2 nitrogen and oxygen atoms in total. The van der Waals surface area contributed by atoms with Crippen LogP contribution in [0.25, 0.3) is 0 Å². The zero-order valence-electron chi connectivity index (χ0n) is 9.38. The van der Waals surface area contributed by atoms with E-state index in [-0.39, 0.29) is 0 Å². The molecular weight excluding hydrogens is 214 g/mol. The van der Waals surface area contributed by atoms with Gasteiger partial charge in [-0.05, 0) is 19.4 Å². The van der Waals surface area contributed by atoms with Gasteiger partial charge in [0.15, 0.2) is 0 Å². The Bertz CT molecular complexity index is 92.1. The van der Waals surface area contributed by atoms with E-state index in [4.69, 9.17) is 4.74 Å². The second-order valence-corrected chi connectivity index (χ2v) is 5.80. The molecule has 86 valence electrons. The summed E-state index contributed by atoms with van der Waals surface area (Å²) >= 11 is 0. The van der Waals surface area contributed by atoms with Crippen molar-refractivity contribution < 1.29 is 4.74 Å². The predicted molar refractivity (Wildman–Crippen MR) is 69.2 cm³/mol. The van der Waals surface area contributed by atoms with Crippen molar-refractivity contribution in [3.63, 3.8) is 0 Å². The van der Waals surface area contributed by atoms with Crippen LogP contribution in [0.1, 0.15) is 26.2 Å². The second-order valence-electron chi connectivity index (χ2n) is 3.09. The van der Waals surface area contributed by atoms with E-state index in [1.54, 1.807) is 7.11 Å². The summed E-state index contributed by atoms with van der Waals surface area (Å²) in [6.45, 7) is 5.43. The molecule has 0 saturated heterocycles. The number of ether oxygens (including phenoxy) is 1. The Labute approximate surface area is 96.3 Å². The summed E-state index contributed by atoms with van der Waals surface area (Å²) in [6, 6.07) is 0. The monoisotopic (exact) mass is 237 g/mol. The first kappa shape index (κ1) is 14.6. The second kappa shape index (κ2) is 13.6. The number of unbranched alkanes of at least 4 members (excludes halogenated alkanes) is 1. The van der Waals surface area contributed by atoms with Crippen LogP contribution in [-0.4, -0.2) is 38.3 Å². The Morgan fingerprint density at radius 3 is 2.57 bits per heavy atom. The third kappa shape index (κ3) is 12.6. The molecule has 0 saturated carbocycles. The number of methoxy groups -OCH3 is 1. The number of hydrogen-bond acceptors (Lipinski definition) is 4. The van der Waals surface area contributed by atoms with Crippen molar-refractivity contribution >= 4 is 21.6 Å². The van der Waals surface area contributed by atoms with Gasteiger partial charge in [0.25, 0.3) is 0 Å². The third-order valence-electron chi connectivity index (χ3n) is 1.73. The minimum Gasteiger partial charge on any atom is -0.385 e. The zero-order valence-corrected chi connectivity index (χ0v) is 11.0. The van der Waals surface area contributed by atoms with Crippen LogP contribution >= 0.6 is 21.6 Å². The zero-order chi connectivity index (χ0) is 10.5. The van der Waals surface area contributed by atoms with Crippen molar-refractivity contribution in [3.8, 4) is 0 Å². The molecule has 0 aliphatic rings. The highest BCUT2D eigenvalue weighted by molar-refractivity contribution is 8.76. The van der Waals surface area contributed by atoms with Gasteiger partial charge in [-0.1, -0.05) is 34.9 Å². The first-order valence-corrected chi connectivity index (χ1v) is 7.84. The molecule has 4 heteroatoms. The summed E-state index contributed by atoms with van der Waals surface area (Å²) in [4.78, 5) is 0. The lowest BCUT2D eigenvalue weighted by Gasteiger charge is -2.03. The van der Waals surface area contributed by atoms with E-state index in [0.29, 0.717) is 0 Å². The third-order valence-corrected chi connectivity index (χ3v) is 4.22. The fourth-order valence-electron chi connectivity index (χ4n) is 0.921. The predicted octanol–water partition coefficient (Wildman–Crippen LogP) is 2.79. The molecule has 0 aliphatic carbocycles. The Morgan fingerprint density at radius 1 is 1.07 bits per heavy atom. The Kier molecular flexibility index (Phi) is 14.2. The van der Waals surface area contributed by atoms with Gasteiger partial charge in [-0.2, -0.15) is 0 Å². The summed E-state index contributed by atoms with van der Waals surface area (Å²) in [6.07, 6.45) is 3.75. The molecule has 0 spiro atoms. The number of rotatable bonds is 11. The first-order chi connectivity index (χ1) is 6.91. The van der Waals surface area contributed by atoms with Gasteiger partial charge >= 0.3 is 0 Å². The van der Waals surface area contributed by atoms with Crippen LogP contribution in [0, 0.1) is 0 Å². The summed E-state index contributed by atoms with van der Waals surface area (Å²) < 4.78 is 4.98. The number of hydrogen-bond donors (Lipinski definition) is 1. The summed E-state index contributed by atoms with van der Waals surface area (Å²) in [5, 5.41) is 3.43. The highest BCUT2D eigenvalue weighted by Gasteiger charge is 1.91. The molecule has 0 aliphatic heterocycles. The van der Waals surface area contributed by atoms with Crippen molar-refractivity contribution in [2.75, 3.05) is 38.3 Å². The Morgan fingerprint density at radius 2 is 1.86 bits per heavy atom. The van der Waals surface area contributed by atoms with E-state index in [9.17, 15) is 0 Å². The van der Waals surface area contributed by atoms with Crippen molar-refractivity contribution in [1.29, 1.82) is 0 Å². The summed E-state index contributed by atoms with van der Waals surface area (Å²) in [5.41, 5.74) is 0. The largest absolute Gasteiger partial charge is 0.385 e. The maximum Gasteiger partial charge on any atom is 0.0470 e. The minimum atomic E-state index is 0.891. The van der Waals surface area contributed by atoms with Crippen LogP contribution < -0.4 is 5.32 Å². The van der Waals surface area contributed by atoms with Gasteiger partial charge in [0.2, 0.25) is 0 Å². The molecule has 1 N–H and O–H groups in total. The molecule has 0 rings (SSSR count). The fraction of sp³-hybridized carbons (Fsp3) is 1.00. The van der Waals surface area contributed by atoms with Crippen LogP contribution in [0.4, 0.5) is 0 Å². The maximum atomic E-state index is 4.98. The van der Waals surface area contributed by atoms with Crippen molar-refractivity contribution in [3.05, 3.63) is 0 Å². The maximum absolute atomic E-state index is 4.98. The van der Waals surface area contributed by atoms with Crippen molar-refractivity contribution in [1.82, 2.24) is 5.32 Å². The molecule has 0 aromatic carbocycles. The molecule has 0 atom stereocenters. The lowest BCUT2D eigenvalue weighted by Crippen LogP contribution is -2.17. The van der Waals surface area contributed by atoms with Crippen molar-refractivity contribution in [2.24, 2.45) is 0 Å². The van der Waals surface area contributed by atoms with E-state index >= 15 is 0 Å².